The van der Waals surface area contributed by atoms with Crippen molar-refractivity contribution in [2.75, 3.05) is 11.1 Å². The van der Waals surface area contributed by atoms with E-state index in [1.54, 1.807) is 11.8 Å². The lowest BCUT2D eigenvalue weighted by Gasteiger charge is -2.11. The molecule has 0 bridgehead atoms. The van der Waals surface area contributed by atoms with Crippen LogP contribution in [0.2, 0.25) is 0 Å². The summed E-state index contributed by atoms with van der Waals surface area (Å²) >= 11 is 1.74. The van der Waals surface area contributed by atoms with Crippen LogP contribution in [-0.2, 0) is 4.79 Å². The molecule has 0 heterocycles. The van der Waals surface area contributed by atoms with Crippen molar-refractivity contribution < 1.29 is 4.79 Å². The van der Waals surface area contributed by atoms with Gasteiger partial charge in [-0.05, 0) is 17.9 Å². The quantitative estimate of drug-likeness (QED) is 0.793. The minimum absolute atomic E-state index is 0.0182. The lowest BCUT2D eigenvalue weighted by Crippen LogP contribution is -2.18. The Morgan fingerprint density at radius 3 is 2.67 bits per heavy atom. The van der Waals surface area contributed by atoms with Crippen molar-refractivity contribution in [1.29, 1.82) is 0 Å². The van der Waals surface area contributed by atoms with E-state index in [-0.39, 0.29) is 11.8 Å². The van der Waals surface area contributed by atoms with E-state index in [4.69, 9.17) is 0 Å². The van der Waals surface area contributed by atoms with Gasteiger partial charge >= 0.3 is 0 Å². The lowest BCUT2D eigenvalue weighted by molar-refractivity contribution is -0.118. The predicted octanol–water partition coefficient (Wildman–Crippen LogP) is 3.39. The molecule has 0 fully saturated rings. The second-order valence-corrected chi connectivity index (χ2v) is 4.88. The first-order valence-corrected chi connectivity index (χ1v) is 6.16. The summed E-state index contributed by atoms with van der Waals surface area (Å²) in [6.07, 6.45) is 0. The van der Waals surface area contributed by atoms with Gasteiger partial charge in [0.05, 0.1) is 5.69 Å². The summed E-state index contributed by atoms with van der Waals surface area (Å²) in [5, 5.41) is 2.94. The summed E-state index contributed by atoms with van der Waals surface area (Å²) in [4.78, 5) is 12.7. The second kappa shape index (κ2) is 5.81. The zero-order valence-corrected chi connectivity index (χ0v) is 10.2. The van der Waals surface area contributed by atoms with Gasteiger partial charge in [0.15, 0.2) is 0 Å². The molecule has 15 heavy (non-hydrogen) atoms. The van der Waals surface area contributed by atoms with Gasteiger partial charge in [0.2, 0.25) is 5.91 Å². The molecule has 1 rings (SSSR count). The fourth-order valence-electron chi connectivity index (χ4n) is 1.13. The van der Waals surface area contributed by atoms with Crippen LogP contribution in [0.3, 0.4) is 0 Å². The molecule has 0 radical (unpaired) electrons. The number of para-hydroxylation sites is 1. The van der Waals surface area contributed by atoms with Crippen molar-refractivity contribution in [3.63, 3.8) is 0 Å². The molecule has 0 atom stereocenters. The number of amides is 1. The highest BCUT2D eigenvalue weighted by Gasteiger charge is 2.09. The molecule has 0 saturated carbocycles. The zero-order valence-electron chi connectivity index (χ0n) is 9.41. The van der Waals surface area contributed by atoms with Crippen LogP contribution in [-0.4, -0.2) is 11.7 Å². The van der Waals surface area contributed by atoms with Crippen molar-refractivity contribution in [2.24, 2.45) is 5.92 Å². The topological polar surface area (TPSA) is 29.1 Å². The van der Waals surface area contributed by atoms with Crippen LogP contribution in [0.5, 0.6) is 0 Å². The molecule has 0 aliphatic heterocycles. The number of carbonyl (C=O) groups excluding carboxylic acids is 1. The van der Waals surface area contributed by atoms with Gasteiger partial charge in [0, 0.05) is 10.8 Å². The molecule has 1 aromatic rings. The lowest BCUT2D eigenvalue weighted by atomic mass is 10.2. The van der Waals surface area contributed by atoms with Crippen LogP contribution >= 0.6 is 11.8 Å². The average molecular weight is 223 g/mol. The Morgan fingerprint density at radius 2 is 2.07 bits per heavy atom. The minimum atomic E-state index is 0.0182. The Balaban J connectivity index is 2.79. The summed E-state index contributed by atoms with van der Waals surface area (Å²) in [5.41, 5.74) is 0.919. The number of benzene rings is 1. The molecule has 82 valence electrons. The standard InChI is InChI=1S/C12H17NOS/c1-4-15-11-8-6-5-7-10(11)13-12(14)9(2)3/h5-9H,4H2,1-3H3,(H,13,14). The van der Waals surface area contributed by atoms with E-state index in [0.29, 0.717) is 0 Å². The maximum Gasteiger partial charge on any atom is 0.226 e. The maximum atomic E-state index is 11.5. The summed E-state index contributed by atoms with van der Waals surface area (Å²) in [5.74, 6) is 1.10. The highest BCUT2D eigenvalue weighted by atomic mass is 32.2. The maximum absolute atomic E-state index is 11.5. The molecule has 1 aromatic carbocycles. The van der Waals surface area contributed by atoms with Crippen LogP contribution in [0.4, 0.5) is 5.69 Å². The Hall–Kier alpha value is -0.960. The van der Waals surface area contributed by atoms with Crippen LogP contribution in [0.25, 0.3) is 0 Å². The number of hydrogen-bond donors (Lipinski definition) is 1. The van der Waals surface area contributed by atoms with Crippen molar-refractivity contribution >= 4 is 23.4 Å². The van der Waals surface area contributed by atoms with Gasteiger partial charge < -0.3 is 5.32 Å². The van der Waals surface area contributed by atoms with E-state index in [2.05, 4.69) is 12.2 Å². The summed E-state index contributed by atoms with van der Waals surface area (Å²) in [7, 11) is 0. The van der Waals surface area contributed by atoms with Crippen molar-refractivity contribution in [3.05, 3.63) is 24.3 Å². The summed E-state index contributed by atoms with van der Waals surface area (Å²) in [6, 6.07) is 7.90. The van der Waals surface area contributed by atoms with E-state index in [1.807, 2.05) is 38.1 Å². The molecule has 0 unspecified atom stereocenters. The van der Waals surface area contributed by atoms with Gasteiger partial charge in [-0.3, -0.25) is 4.79 Å². The molecule has 1 amide bonds. The SMILES string of the molecule is CCSc1ccccc1NC(=O)C(C)C. The first-order valence-electron chi connectivity index (χ1n) is 5.17. The normalized spacial score (nSPS) is 10.4. The second-order valence-electron chi connectivity index (χ2n) is 3.57. The number of carbonyl (C=O) groups is 1. The van der Waals surface area contributed by atoms with Crippen LogP contribution in [0.15, 0.2) is 29.2 Å². The van der Waals surface area contributed by atoms with Gasteiger partial charge in [0.25, 0.3) is 0 Å². The number of thioether (sulfide) groups is 1. The van der Waals surface area contributed by atoms with Crippen LogP contribution in [0.1, 0.15) is 20.8 Å². The molecular formula is C12H17NOS. The first kappa shape index (κ1) is 12.1. The summed E-state index contributed by atoms with van der Waals surface area (Å²) in [6.45, 7) is 5.89. The fraction of sp³-hybridized carbons (Fsp3) is 0.417. The Bertz CT molecular complexity index is 336. The molecule has 2 nitrogen and oxygen atoms in total. The fourth-order valence-corrected chi connectivity index (χ4v) is 1.89. The zero-order chi connectivity index (χ0) is 11.3. The molecule has 3 heteroatoms. The van der Waals surface area contributed by atoms with Crippen LogP contribution in [0, 0.1) is 5.92 Å². The van der Waals surface area contributed by atoms with E-state index < -0.39 is 0 Å². The Kier molecular flexibility index (Phi) is 4.69. The number of nitrogens with one attached hydrogen (secondary N) is 1. The van der Waals surface area contributed by atoms with Gasteiger partial charge in [-0.15, -0.1) is 11.8 Å². The monoisotopic (exact) mass is 223 g/mol. The van der Waals surface area contributed by atoms with E-state index >= 15 is 0 Å². The van der Waals surface area contributed by atoms with Crippen molar-refractivity contribution in [1.82, 2.24) is 0 Å². The third-order valence-electron chi connectivity index (χ3n) is 1.97. The van der Waals surface area contributed by atoms with E-state index in [1.165, 1.54) is 0 Å². The van der Waals surface area contributed by atoms with Gasteiger partial charge in [-0.25, -0.2) is 0 Å². The summed E-state index contributed by atoms with van der Waals surface area (Å²) < 4.78 is 0. The molecule has 0 aromatic heterocycles. The first-order chi connectivity index (χ1) is 7.15. The molecule has 0 saturated heterocycles. The average Bonchev–Trinajstić information content (AvgIpc) is 2.21. The van der Waals surface area contributed by atoms with E-state index in [0.717, 1.165) is 16.3 Å². The van der Waals surface area contributed by atoms with Gasteiger partial charge in [0.1, 0.15) is 0 Å². The van der Waals surface area contributed by atoms with Crippen molar-refractivity contribution in [3.8, 4) is 0 Å². The highest BCUT2D eigenvalue weighted by molar-refractivity contribution is 7.99. The number of anilines is 1. The van der Waals surface area contributed by atoms with Crippen molar-refractivity contribution in [2.45, 2.75) is 25.7 Å². The molecular weight excluding hydrogens is 206 g/mol. The minimum Gasteiger partial charge on any atom is -0.325 e. The highest BCUT2D eigenvalue weighted by Crippen LogP contribution is 2.26. The third-order valence-corrected chi connectivity index (χ3v) is 2.92. The smallest absolute Gasteiger partial charge is 0.226 e. The molecule has 0 aliphatic rings. The van der Waals surface area contributed by atoms with E-state index in [9.17, 15) is 4.79 Å². The predicted molar refractivity (Wildman–Crippen MR) is 66.3 cm³/mol. The van der Waals surface area contributed by atoms with Crippen LogP contribution < -0.4 is 5.32 Å². The number of hydrogen-bond acceptors (Lipinski definition) is 2. The number of rotatable bonds is 4. The third kappa shape index (κ3) is 3.59. The van der Waals surface area contributed by atoms with Gasteiger partial charge in [-0.2, -0.15) is 0 Å². The Morgan fingerprint density at radius 1 is 1.40 bits per heavy atom. The molecule has 1 N–H and O–H groups in total. The van der Waals surface area contributed by atoms with Gasteiger partial charge in [-0.1, -0.05) is 32.9 Å². The molecule has 0 aliphatic carbocycles. The molecule has 0 spiro atoms. The Labute approximate surface area is 95.5 Å². The largest absolute Gasteiger partial charge is 0.325 e.